The van der Waals surface area contributed by atoms with Gasteiger partial charge >= 0.3 is 5.69 Å². The summed E-state index contributed by atoms with van der Waals surface area (Å²) in [6, 6.07) is 0. The van der Waals surface area contributed by atoms with Crippen LogP contribution < -0.4 is 11.2 Å². The molecule has 0 amide bonds. The lowest BCUT2D eigenvalue weighted by Crippen LogP contribution is -2.29. The summed E-state index contributed by atoms with van der Waals surface area (Å²) in [7, 11) is 0. The third-order valence-corrected chi connectivity index (χ3v) is 4.00. The lowest BCUT2D eigenvalue weighted by Gasteiger charge is -2.05. The van der Waals surface area contributed by atoms with Crippen molar-refractivity contribution in [3.63, 3.8) is 0 Å². The second kappa shape index (κ2) is 4.87. The van der Waals surface area contributed by atoms with Crippen molar-refractivity contribution in [1.29, 1.82) is 0 Å². The predicted octanol–water partition coefficient (Wildman–Crippen LogP) is 2.25. The van der Waals surface area contributed by atoms with E-state index < -0.39 is 0 Å². The number of aromatic amines is 1. The molecule has 0 saturated carbocycles. The Morgan fingerprint density at radius 2 is 2.12 bits per heavy atom. The van der Waals surface area contributed by atoms with Gasteiger partial charge in [-0.15, -0.1) is 11.3 Å². The van der Waals surface area contributed by atoms with Gasteiger partial charge in [-0.05, 0) is 24.3 Å². The van der Waals surface area contributed by atoms with Crippen LogP contribution in [0.5, 0.6) is 0 Å². The Bertz CT molecular complexity index is 636. The van der Waals surface area contributed by atoms with Crippen molar-refractivity contribution < 1.29 is 0 Å². The first-order chi connectivity index (χ1) is 8.15. The van der Waals surface area contributed by atoms with Crippen LogP contribution in [0.25, 0.3) is 10.2 Å². The number of unbranched alkanes of at least 4 members (excludes halogenated alkanes) is 2. The van der Waals surface area contributed by atoms with Crippen LogP contribution in [0, 0.1) is 6.92 Å². The van der Waals surface area contributed by atoms with E-state index in [1.807, 2.05) is 12.3 Å². The number of aromatic nitrogens is 2. The van der Waals surface area contributed by atoms with Gasteiger partial charge in [0.05, 0.1) is 5.39 Å². The molecule has 4 nitrogen and oxygen atoms in total. The summed E-state index contributed by atoms with van der Waals surface area (Å²) in [6.45, 7) is 4.70. The highest BCUT2D eigenvalue weighted by Gasteiger charge is 2.10. The second-order valence-corrected chi connectivity index (χ2v) is 5.07. The Morgan fingerprint density at radius 1 is 1.35 bits per heavy atom. The Kier molecular flexibility index (Phi) is 3.47. The molecule has 0 unspecified atom stereocenters. The minimum Gasteiger partial charge on any atom is -0.285 e. The van der Waals surface area contributed by atoms with Crippen LogP contribution in [-0.4, -0.2) is 9.55 Å². The molecule has 2 heterocycles. The van der Waals surface area contributed by atoms with Gasteiger partial charge in [0, 0.05) is 6.54 Å². The molecule has 0 aliphatic rings. The molecule has 0 aliphatic carbocycles. The molecular weight excluding hydrogens is 236 g/mol. The predicted molar refractivity (Wildman–Crippen MR) is 71.0 cm³/mol. The number of hydrogen-bond acceptors (Lipinski definition) is 3. The number of nitrogens with zero attached hydrogens (tertiary/aromatic N) is 1. The van der Waals surface area contributed by atoms with Crippen molar-refractivity contribution in [1.82, 2.24) is 9.55 Å². The Morgan fingerprint density at radius 3 is 2.82 bits per heavy atom. The van der Waals surface area contributed by atoms with Gasteiger partial charge in [0.1, 0.15) is 4.83 Å². The SMILES string of the molecule is CCCCCn1c(=O)[nH]c(=O)c2c(C)csc21. The quantitative estimate of drug-likeness (QED) is 0.848. The van der Waals surface area contributed by atoms with Crippen LogP contribution in [0.15, 0.2) is 15.0 Å². The van der Waals surface area contributed by atoms with Crippen molar-refractivity contribution in [2.75, 3.05) is 0 Å². The molecule has 92 valence electrons. The zero-order valence-electron chi connectivity index (χ0n) is 10.1. The molecule has 0 radical (unpaired) electrons. The maximum Gasteiger partial charge on any atom is 0.329 e. The van der Waals surface area contributed by atoms with Crippen molar-refractivity contribution in [2.45, 2.75) is 39.7 Å². The van der Waals surface area contributed by atoms with Gasteiger partial charge in [0.2, 0.25) is 0 Å². The number of rotatable bonds is 4. The Hall–Kier alpha value is -1.36. The van der Waals surface area contributed by atoms with Crippen molar-refractivity contribution in [3.05, 3.63) is 31.8 Å². The molecule has 2 aromatic heterocycles. The maximum atomic E-state index is 11.8. The monoisotopic (exact) mass is 252 g/mol. The molecule has 0 aliphatic heterocycles. The molecule has 0 spiro atoms. The van der Waals surface area contributed by atoms with E-state index in [9.17, 15) is 9.59 Å². The number of H-pyrrole nitrogens is 1. The largest absolute Gasteiger partial charge is 0.329 e. The minimum absolute atomic E-state index is 0.268. The molecule has 0 fully saturated rings. The minimum atomic E-state index is -0.291. The van der Waals surface area contributed by atoms with Gasteiger partial charge in [-0.3, -0.25) is 14.3 Å². The van der Waals surface area contributed by atoms with E-state index >= 15 is 0 Å². The fraction of sp³-hybridized carbons (Fsp3) is 0.500. The molecule has 2 aromatic rings. The molecule has 2 rings (SSSR count). The summed E-state index contributed by atoms with van der Waals surface area (Å²) in [4.78, 5) is 26.7. The zero-order chi connectivity index (χ0) is 12.4. The van der Waals surface area contributed by atoms with E-state index in [2.05, 4.69) is 11.9 Å². The average molecular weight is 252 g/mol. The van der Waals surface area contributed by atoms with Crippen LogP contribution >= 0.6 is 11.3 Å². The summed E-state index contributed by atoms with van der Waals surface area (Å²) in [5.74, 6) is 0. The van der Waals surface area contributed by atoms with E-state index in [1.54, 1.807) is 4.57 Å². The first-order valence-electron chi connectivity index (χ1n) is 5.86. The molecule has 17 heavy (non-hydrogen) atoms. The highest BCUT2D eigenvalue weighted by atomic mass is 32.1. The van der Waals surface area contributed by atoms with E-state index in [1.165, 1.54) is 11.3 Å². The summed E-state index contributed by atoms with van der Waals surface area (Å²) in [6.07, 6.45) is 3.18. The van der Waals surface area contributed by atoms with E-state index in [4.69, 9.17) is 0 Å². The topological polar surface area (TPSA) is 54.9 Å². The zero-order valence-corrected chi connectivity index (χ0v) is 10.9. The van der Waals surface area contributed by atoms with Crippen LogP contribution in [0.2, 0.25) is 0 Å². The van der Waals surface area contributed by atoms with Crippen molar-refractivity contribution in [3.8, 4) is 0 Å². The molecule has 5 heteroatoms. The van der Waals surface area contributed by atoms with Gasteiger partial charge in [-0.1, -0.05) is 19.8 Å². The van der Waals surface area contributed by atoms with E-state index in [0.29, 0.717) is 11.9 Å². The highest BCUT2D eigenvalue weighted by Crippen LogP contribution is 2.20. The van der Waals surface area contributed by atoms with Crippen LogP contribution in [0.1, 0.15) is 31.7 Å². The standard InChI is InChI=1S/C12H16N2O2S/c1-3-4-5-6-14-11-9(8(2)7-17-11)10(15)13-12(14)16/h7H,3-6H2,1-2H3,(H,13,15,16). The fourth-order valence-corrected chi connectivity index (χ4v) is 3.03. The smallest absolute Gasteiger partial charge is 0.285 e. The van der Waals surface area contributed by atoms with E-state index in [0.717, 1.165) is 29.7 Å². The summed E-state index contributed by atoms with van der Waals surface area (Å²) in [5, 5.41) is 2.58. The molecule has 0 atom stereocenters. The van der Waals surface area contributed by atoms with Gasteiger partial charge < -0.3 is 0 Å². The van der Waals surface area contributed by atoms with Crippen molar-refractivity contribution in [2.24, 2.45) is 0 Å². The number of aryl methyl sites for hydroxylation is 2. The Balaban J connectivity index is 2.54. The normalized spacial score (nSPS) is 11.2. The first-order valence-corrected chi connectivity index (χ1v) is 6.74. The van der Waals surface area contributed by atoms with Gasteiger partial charge in [-0.2, -0.15) is 0 Å². The van der Waals surface area contributed by atoms with Crippen LogP contribution in [0.4, 0.5) is 0 Å². The molecular formula is C12H16N2O2S. The number of thiophene rings is 1. The van der Waals surface area contributed by atoms with Crippen LogP contribution in [0.3, 0.4) is 0 Å². The Labute approximate surface area is 103 Å². The molecule has 0 bridgehead atoms. The highest BCUT2D eigenvalue weighted by molar-refractivity contribution is 7.17. The molecule has 0 aromatic carbocycles. The fourth-order valence-electron chi connectivity index (χ4n) is 1.95. The van der Waals surface area contributed by atoms with Gasteiger partial charge in [0.15, 0.2) is 0 Å². The van der Waals surface area contributed by atoms with E-state index in [-0.39, 0.29) is 11.2 Å². The first kappa shape index (κ1) is 12.1. The number of nitrogens with one attached hydrogen (secondary N) is 1. The lowest BCUT2D eigenvalue weighted by atomic mass is 10.2. The summed E-state index contributed by atoms with van der Waals surface area (Å²) in [5.41, 5.74) is 0.381. The second-order valence-electron chi connectivity index (χ2n) is 4.22. The lowest BCUT2D eigenvalue weighted by molar-refractivity contribution is 0.594. The third kappa shape index (κ3) is 2.20. The molecule has 0 saturated heterocycles. The average Bonchev–Trinajstić information content (AvgIpc) is 2.66. The van der Waals surface area contributed by atoms with Crippen LogP contribution in [-0.2, 0) is 6.54 Å². The number of hydrogen-bond donors (Lipinski definition) is 1. The molecule has 1 N–H and O–H groups in total. The van der Waals surface area contributed by atoms with Gasteiger partial charge in [-0.25, -0.2) is 4.79 Å². The van der Waals surface area contributed by atoms with Gasteiger partial charge in [0.25, 0.3) is 5.56 Å². The number of fused-ring (bicyclic) bond motifs is 1. The maximum absolute atomic E-state index is 11.8. The van der Waals surface area contributed by atoms with Crippen molar-refractivity contribution >= 4 is 21.6 Å². The summed E-state index contributed by atoms with van der Waals surface area (Å²) >= 11 is 1.47. The summed E-state index contributed by atoms with van der Waals surface area (Å²) < 4.78 is 1.68. The third-order valence-electron chi connectivity index (χ3n) is 2.88.